The molecule has 0 bridgehead atoms. The Morgan fingerprint density at radius 1 is 1.36 bits per heavy atom. The highest BCUT2D eigenvalue weighted by Crippen LogP contribution is 2.24. The second-order valence-electron chi connectivity index (χ2n) is 5.83. The fourth-order valence-corrected chi connectivity index (χ4v) is 3.71. The summed E-state index contributed by atoms with van der Waals surface area (Å²) in [5.74, 6) is 0.551. The van der Waals surface area contributed by atoms with Crippen LogP contribution in [0.4, 0.5) is 4.39 Å². The Kier molecular flexibility index (Phi) is 5.18. The summed E-state index contributed by atoms with van der Waals surface area (Å²) in [6.45, 7) is 7.68. The fraction of sp³-hybridized carbons (Fsp3) is 0.471. The first kappa shape index (κ1) is 15.6. The summed E-state index contributed by atoms with van der Waals surface area (Å²) in [6.07, 6.45) is 1.29. The molecule has 0 aliphatic carbocycles. The van der Waals surface area contributed by atoms with E-state index in [9.17, 15) is 4.39 Å². The number of rotatable bonds is 6. The van der Waals surface area contributed by atoms with Gasteiger partial charge < -0.3 is 10.2 Å². The maximum Gasteiger partial charge on any atom is 0.123 e. The summed E-state index contributed by atoms with van der Waals surface area (Å²) in [6, 6.07) is 6.52. The van der Waals surface area contributed by atoms with Gasteiger partial charge in [-0.25, -0.2) is 9.37 Å². The lowest BCUT2D eigenvalue weighted by molar-refractivity contribution is 0.339. The van der Waals surface area contributed by atoms with Crippen LogP contribution in [0, 0.1) is 11.7 Å². The maximum atomic E-state index is 12.9. The maximum absolute atomic E-state index is 12.9. The largest absolute Gasteiger partial charge is 0.311 e. The Bertz CT molecular complexity index is 596. The van der Waals surface area contributed by atoms with Crippen LogP contribution in [-0.2, 0) is 6.54 Å². The second kappa shape index (κ2) is 7.31. The van der Waals surface area contributed by atoms with E-state index < -0.39 is 0 Å². The Morgan fingerprint density at radius 2 is 2.18 bits per heavy atom. The number of nitrogens with zero attached hydrogens (tertiary/aromatic N) is 2. The van der Waals surface area contributed by atoms with Crippen molar-refractivity contribution in [3.05, 3.63) is 41.2 Å². The van der Waals surface area contributed by atoms with Gasteiger partial charge in [-0.15, -0.1) is 11.3 Å². The fourth-order valence-electron chi connectivity index (χ4n) is 2.88. The molecule has 1 fully saturated rings. The predicted molar refractivity (Wildman–Crippen MR) is 89.4 cm³/mol. The normalized spacial score (nSPS) is 18.9. The zero-order valence-corrected chi connectivity index (χ0v) is 13.7. The van der Waals surface area contributed by atoms with Crippen molar-refractivity contribution in [2.75, 3.05) is 26.2 Å². The standard InChI is InChI=1S/C17H22FN3S/c1-2-21-8-7-13(11-21)9-19-10-16-12-22-17(20-16)14-3-5-15(18)6-4-14/h3-6,12-13,19H,2,7-11H2,1H3. The minimum absolute atomic E-state index is 0.208. The lowest BCUT2D eigenvalue weighted by atomic mass is 10.1. The van der Waals surface area contributed by atoms with E-state index in [1.54, 1.807) is 23.5 Å². The Balaban J connectivity index is 1.49. The number of thiazole rings is 1. The summed E-state index contributed by atoms with van der Waals surface area (Å²) in [4.78, 5) is 7.13. The topological polar surface area (TPSA) is 28.2 Å². The van der Waals surface area contributed by atoms with Crippen molar-refractivity contribution in [1.29, 1.82) is 0 Å². The Hall–Kier alpha value is -1.30. The number of halogens is 1. The van der Waals surface area contributed by atoms with E-state index in [4.69, 9.17) is 0 Å². The van der Waals surface area contributed by atoms with Gasteiger partial charge >= 0.3 is 0 Å². The van der Waals surface area contributed by atoms with E-state index in [-0.39, 0.29) is 5.82 Å². The van der Waals surface area contributed by atoms with Crippen molar-refractivity contribution < 1.29 is 4.39 Å². The van der Waals surface area contributed by atoms with Crippen LogP contribution in [-0.4, -0.2) is 36.1 Å². The SMILES string of the molecule is CCN1CCC(CNCc2csc(-c3ccc(F)cc3)n2)C1. The number of benzene rings is 1. The van der Waals surface area contributed by atoms with Gasteiger partial charge in [-0.1, -0.05) is 6.92 Å². The van der Waals surface area contributed by atoms with Crippen LogP contribution < -0.4 is 5.32 Å². The Morgan fingerprint density at radius 3 is 2.91 bits per heavy atom. The molecular formula is C17H22FN3S. The van der Waals surface area contributed by atoms with Crippen LogP contribution in [0.15, 0.2) is 29.6 Å². The van der Waals surface area contributed by atoms with Crippen LogP contribution in [0.5, 0.6) is 0 Å². The number of hydrogen-bond donors (Lipinski definition) is 1. The van der Waals surface area contributed by atoms with Crippen LogP contribution in [0.3, 0.4) is 0 Å². The second-order valence-corrected chi connectivity index (χ2v) is 6.69. The van der Waals surface area contributed by atoms with E-state index in [1.165, 1.54) is 31.6 Å². The van der Waals surface area contributed by atoms with E-state index in [0.717, 1.165) is 41.8 Å². The van der Waals surface area contributed by atoms with Gasteiger partial charge in [0.2, 0.25) is 0 Å². The average molecular weight is 319 g/mol. The molecule has 1 saturated heterocycles. The zero-order chi connectivity index (χ0) is 15.4. The van der Waals surface area contributed by atoms with Gasteiger partial charge in [-0.3, -0.25) is 0 Å². The Labute approximate surface area is 135 Å². The molecule has 3 nitrogen and oxygen atoms in total. The quantitative estimate of drug-likeness (QED) is 0.885. The van der Waals surface area contributed by atoms with Crippen molar-refractivity contribution in [2.45, 2.75) is 19.9 Å². The highest BCUT2D eigenvalue weighted by Gasteiger charge is 2.20. The summed E-state index contributed by atoms with van der Waals surface area (Å²) in [7, 11) is 0. The first-order chi connectivity index (χ1) is 10.7. The van der Waals surface area contributed by atoms with Gasteiger partial charge in [0.15, 0.2) is 0 Å². The molecule has 0 spiro atoms. The lowest BCUT2D eigenvalue weighted by Crippen LogP contribution is -2.26. The van der Waals surface area contributed by atoms with Crippen LogP contribution in [0.1, 0.15) is 19.0 Å². The zero-order valence-electron chi connectivity index (χ0n) is 12.9. The van der Waals surface area contributed by atoms with Crippen molar-refractivity contribution >= 4 is 11.3 Å². The first-order valence-electron chi connectivity index (χ1n) is 7.88. The van der Waals surface area contributed by atoms with E-state index in [1.807, 2.05) is 0 Å². The number of hydrogen-bond acceptors (Lipinski definition) is 4. The molecule has 1 aliphatic rings. The molecule has 22 heavy (non-hydrogen) atoms. The molecule has 0 radical (unpaired) electrons. The molecule has 118 valence electrons. The molecule has 5 heteroatoms. The van der Waals surface area contributed by atoms with Crippen molar-refractivity contribution in [3.8, 4) is 10.6 Å². The van der Waals surface area contributed by atoms with Crippen molar-refractivity contribution in [3.63, 3.8) is 0 Å². The number of likely N-dealkylation sites (tertiary alicyclic amines) is 1. The third kappa shape index (κ3) is 3.91. The molecule has 1 N–H and O–H groups in total. The molecular weight excluding hydrogens is 297 g/mol. The van der Waals surface area contributed by atoms with Crippen LogP contribution in [0.2, 0.25) is 0 Å². The van der Waals surface area contributed by atoms with Gasteiger partial charge in [-0.05, 0) is 56.2 Å². The lowest BCUT2D eigenvalue weighted by Gasteiger charge is -2.13. The minimum atomic E-state index is -0.208. The van der Waals surface area contributed by atoms with Gasteiger partial charge in [0.05, 0.1) is 5.69 Å². The minimum Gasteiger partial charge on any atom is -0.311 e. The molecule has 1 unspecified atom stereocenters. The molecule has 0 saturated carbocycles. The van der Waals surface area contributed by atoms with Crippen LogP contribution in [0.25, 0.3) is 10.6 Å². The average Bonchev–Trinajstić information content (AvgIpc) is 3.17. The van der Waals surface area contributed by atoms with Gasteiger partial charge in [0.25, 0.3) is 0 Å². The molecule has 3 rings (SSSR count). The summed E-state index contributed by atoms with van der Waals surface area (Å²) < 4.78 is 12.9. The van der Waals surface area contributed by atoms with Crippen molar-refractivity contribution in [1.82, 2.24) is 15.2 Å². The van der Waals surface area contributed by atoms with Gasteiger partial charge in [0.1, 0.15) is 10.8 Å². The summed E-state index contributed by atoms with van der Waals surface area (Å²) in [5.41, 5.74) is 2.04. The highest BCUT2D eigenvalue weighted by atomic mass is 32.1. The monoisotopic (exact) mass is 319 g/mol. The third-order valence-corrected chi connectivity index (χ3v) is 5.14. The van der Waals surface area contributed by atoms with Crippen molar-refractivity contribution in [2.24, 2.45) is 5.92 Å². The summed E-state index contributed by atoms with van der Waals surface area (Å²) in [5, 5.41) is 6.56. The van der Waals surface area contributed by atoms with E-state index in [2.05, 4.69) is 27.5 Å². The first-order valence-corrected chi connectivity index (χ1v) is 8.76. The molecule has 2 heterocycles. The molecule has 2 aromatic rings. The molecule has 1 aliphatic heterocycles. The molecule has 1 aromatic heterocycles. The van der Waals surface area contributed by atoms with Crippen LogP contribution >= 0.6 is 11.3 Å². The number of aromatic nitrogens is 1. The van der Waals surface area contributed by atoms with Gasteiger partial charge in [-0.2, -0.15) is 0 Å². The predicted octanol–water partition coefficient (Wildman–Crippen LogP) is 3.38. The third-order valence-electron chi connectivity index (χ3n) is 4.20. The smallest absolute Gasteiger partial charge is 0.123 e. The summed E-state index contributed by atoms with van der Waals surface area (Å²) >= 11 is 1.61. The van der Waals surface area contributed by atoms with Gasteiger partial charge in [0, 0.05) is 24.0 Å². The molecule has 0 amide bonds. The van der Waals surface area contributed by atoms with E-state index >= 15 is 0 Å². The molecule has 1 atom stereocenters. The molecule has 1 aromatic carbocycles. The number of nitrogens with one attached hydrogen (secondary N) is 1. The van der Waals surface area contributed by atoms with E-state index in [0.29, 0.717) is 0 Å². The highest BCUT2D eigenvalue weighted by molar-refractivity contribution is 7.13.